The Bertz CT molecular complexity index is 843. The summed E-state index contributed by atoms with van der Waals surface area (Å²) in [4.78, 5) is 28.7. The van der Waals surface area contributed by atoms with Crippen molar-refractivity contribution in [1.29, 1.82) is 0 Å². The highest BCUT2D eigenvalue weighted by Crippen LogP contribution is 2.33. The highest BCUT2D eigenvalue weighted by Gasteiger charge is 2.15. The summed E-state index contributed by atoms with van der Waals surface area (Å²) in [5.74, 6) is 1.42. The lowest BCUT2D eigenvalue weighted by Crippen LogP contribution is -2.25. The van der Waals surface area contributed by atoms with E-state index in [0.717, 1.165) is 36.3 Å². The fourth-order valence-corrected chi connectivity index (χ4v) is 3.91. The molecule has 7 heteroatoms. The van der Waals surface area contributed by atoms with Gasteiger partial charge < -0.3 is 15.2 Å². The third-order valence-corrected chi connectivity index (χ3v) is 5.78. The van der Waals surface area contributed by atoms with Gasteiger partial charge in [-0.3, -0.25) is 14.6 Å². The molecule has 0 saturated heterocycles. The standard InChI is InChI=1S/C24H32N2O4S/c1-3-7-21-22(10-9-20(18(2)27)24(21)29)30-16-6-4-5-8-23(28)26-15-17-31-19-11-13-25-14-12-19/h9-14,29H,3-8,15-17H2,1-2H3,(H,26,28). The van der Waals surface area contributed by atoms with E-state index in [1.165, 1.54) is 6.92 Å². The molecule has 0 fully saturated rings. The van der Waals surface area contributed by atoms with Crippen LogP contribution in [0.4, 0.5) is 0 Å². The molecule has 0 saturated carbocycles. The Labute approximate surface area is 188 Å². The summed E-state index contributed by atoms with van der Waals surface area (Å²) in [6.07, 6.45) is 8.06. The average Bonchev–Trinajstić information content (AvgIpc) is 2.76. The van der Waals surface area contributed by atoms with Crippen LogP contribution in [0.2, 0.25) is 0 Å². The van der Waals surface area contributed by atoms with Crippen LogP contribution >= 0.6 is 11.8 Å². The van der Waals surface area contributed by atoms with Crippen LogP contribution < -0.4 is 10.1 Å². The maximum absolute atomic E-state index is 11.9. The van der Waals surface area contributed by atoms with E-state index in [0.29, 0.717) is 42.9 Å². The van der Waals surface area contributed by atoms with Gasteiger partial charge in [-0.2, -0.15) is 0 Å². The molecule has 1 aromatic heterocycles. The maximum Gasteiger partial charge on any atom is 0.220 e. The van der Waals surface area contributed by atoms with Gasteiger partial charge in [-0.1, -0.05) is 13.3 Å². The number of nitrogens with zero attached hydrogens (tertiary/aromatic N) is 1. The van der Waals surface area contributed by atoms with Gasteiger partial charge in [-0.15, -0.1) is 11.8 Å². The second-order valence-corrected chi connectivity index (χ2v) is 8.45. The average molecular weight is 445 g/mol. The van der Waals surface area contributed by atoms with Crippen LogP contribution in [-0.4, -0.2) is 40.7 Å². The number of carbonyl (C=O) groups is 2. The minimum absolute atomic E-state index is 0.0330. The Morgan fingerprint density at radius 1 is 1.13 bits per heavy atom. The van der Waals surface area contributed by atoms with Crippen molar-refractivity contribution < 1.29 is 19.4 Å². The Balaban J connectivity index is 1.62. The summed E-state index contributed by atoms with van der Waals surface area (Å²) >= 11 is 1.70. The van der Waals surface area contributed by atoms with Crippen LogP contribution in [0.1, 0.15) is 61.9 Å². The number of phenolic OH excluding ortho intramolecular Hbond substituents is 1. The Kier molecular flexibility index (Phi) is 10.9. The first-order valence-electron chi connectivity index (χ1n) is 10.8. The first-order valence-corrected chi connectivity index (χ1v) is 11.8. The fraction of sp³-hybridized carbons (Fsp3) is 0.458. The zero-order chi connectivity index (χ0) is 22.5. The number of ether oxygens (including phenoxy) is 1. The molecular weight excluding hydrogens is 412 g/mol. The van der Waals surface area contributed by atoms with Gasteiger partial charge in [0.15, 0.2) is 5.78 Å². The molecule has 0 atom stereocenters. The summed E-state index contributed by atoms with van der Waals surface area (Å²) < 4.78 is 5.85. The van der Waals surface area contributed by atoms with Gasteiger partial charge in [0.2, 0.25) is 5.91 Å². The van der Waals surface area contributed by atoms with Crippen molar-refractivity contribution >= 4 is 23.5 Å². The third kappa shape index (κ3) is 8.61. The Hall–Kier alpha value is -2.54. The third-order valence-electron chi connectivity index (χ3n) is 4.77. The van der Waals surface area contributed by atoms with Crippen molar-refractivity contribution in [2.75, 3.05) is 18.9 Å². The Morgan fingerprint density at radius 2 is 1.90 bits per heavy atom. The van der Waals surface area contributed by atoms with Crippen LogP contribution in [-0.2, 0) is 11.2 Å². The first kappa shape index (κ1) is 24.7. The molecule has 2 aromatic rings. The Morgan fingerprint density at radius 3 is 2.61 bits per heavy atom. The molecule has 0 aliphatic rings. The van der Waals surface area contributed by atoms with Crippen molar-refractivity contribution in [2.45, 2.75) is 57.3 Å². The number of benzene rings is 1. The number of hydrogen-bond acceptors (Lipinski definition) is 6. The lowest BCUT2D eigenvalue weighted by Gasteiger charge is -2.14. The van der Waals surface area contributed by atoms with Crippen molar-refractivity contribution in [1.82, 2.24) is 10.3 Å². The topological polar surface area (TPSA) is 88.5 Å². The molecule has 2 rings (SSSR count). The second-order valence-electron chi connectivity index (χ2n) is 7.29. The van der Waals surface area contributed by atoms with Crippen LogP contribution in [0, 0.1) is 0 Å². The molecular formula is C24H32N2O4S. The van der Waals surface area contributed by atoms with Crippen LogP contribution in [0.25, 0.3) is 0 Å². The fourth-order valence-electron chi connectivity index (χ4n) is 3.16. The molecule has 0 spiro atoms. The molecule has 2 N–H and O–H groups in total. The number of carbonyl (C=O) groups excluding carboxylic acids is 2. The number of aromatic hydroxyl groups is 1. The van der Waals surface area contributed by atoms with Gasteiger partial charge in [0, 0.05) is 41.6 Å². The minimum Gasteiger partial charge on any atom is -0.507 e. The van der Waals surface area contributed by atoms with Crippen molar-refractivity contribution in [3.05, 3.63) is 47.8 Å². The number of rotatable bonds is 14. The minimum atomic E-state index is -0.157. The predicted molar refractivity (Wildman–Crippen MR) is 124 cm³/mol. The van der Waals surface area contributed by atoms with E-state index in [9.17, 15) is 14.7 Å². The summed E-state index contributed by atoms with van der Waals surface area (Å²) in [7, 11) is 0. The lowest BCUT2D eigenvalue weighted by atomic mass is 10.0. The van der Waals surface area contributed by atoms with E-state index in [4.69, 9.17) is 4.74 Å². The summed E-state index contributed by atoms with van der Waals surface area (Å²) in [5.41, 5.74) is 1.03. The van der Waals surface area contributed by atoms with E-state index in [1.807, 2.05) is 19.1 Å². The molecule has 0 unspecified atom stereocenters. The van der Waals surface area contributed by atoms with Crippen molar-refractivity contribution in [3.8, 4) is 11.5 Å². The van der Waals surface area contributed by atoms with E-state index in [-0.39, 0.29) is 17.4 Å². The van der Waals surface area contributed by atoms with Crippen molar-refractivity contribution in [3.63, 3.8) is 0 Å². The van der Waals surface area contributed by atoms with Crippen LogP contribution in [0.5, 0.6) is 11.5 Å². The van der Waals surface area contributed by atoms with E-state index in [1.54, 1.807) is 36.3 Å². The number of aromatic nitrogens is 1. The normalized spacial score (nSPS) is 10.6. The molecule has 0 aliphatic heterocycles. The number of unbranched alkanes of at least 4 members (excludes halogenated alkanes) is 2. The van der Waals surface area contributed by atoms with Gasteiger partial charge in [-0.05, 0) is 56.9 Å². The van der Waals surface area contributed by atoms with Crippen molar-refractivity contribution in [2.24, 2.45) is 0 Å². The van der Waals surface area contributed by atoms with Gasteiger partial charge >= 0.3 is 0 Å². The largest absolute Gasteiger partial charge is 0.507 e. The van der Waals surface area contributed by atoms with Gasteiger partial charge in [0.1, 0.15) is 11.5 Å². The quantitative estimate of drug-likeness (QED) is 0.247. The lowest BCUT2D eigenvalue weighted by molar-refractivity contribution is -0.121. The summed E-state index contributed by atoms with van der Waals surface area (Å²) in [6.45, 7) is 4.63. The molecule has 0 radical (unpaired) electrons. The summed E-state index contributed by atoms with van der Waals surface area (Å²) in [6, 6.07) is 7.29. The summed E-state index contributed by atoms with van der Waals surface area (Å²) in [5, 5.41) is 13.3. The number of Topliss-reactive ketones (excluding diaryl/α,β-unsaturated/α-hetero) is 1. The monoisotopic (exact) mass is 444 g/mol. The molecule has 1 heterocycles. The molecule has 6 nitrogen and oxygen atoms in total. The molecule has 31 heavy (non-hydrogen) atoms. The molecule has 1 amide bonds. The SMILES string of the molecule is CCCc1c(OCCCCCC(=O)NCCSc2ccncc2)ccc(C(C)=O)c1O. The van der Waals surface area contributed by atoms with Crippen LogP contribution in [0.15, 0.2) is 41.6 Å². The zero-order valence-electron chi connectivity index (χ0n) is 18.4. The smallest absolute Gasteiger partial charge is 0.220 e. The number of pyridine rings is 1. The number of thioether (sulfide) groups is 1. The molecule has 1 aromatic carbocycles. The van der Waals surface area contributed by atoms with Gasteiger partial charge in [0.25, 0.3) is 0 Å². The predicted octanol–water partition coefficient (Wildman–Crippen LogP) is 4.79. The van der Waals surface area contributed by atoms with Gasteiger partial charge in [0.05, 0.1) is 12.2 Å². The number of nitrogens with one attached hydrogen (secondary N) is 1. The number of ketones is 1. The first-order chi connectivity index (χ1) is 15.0. The van der Waals surface area contributed by atoms with E-state index < -0.39 is 0 Å². The molecule has 168 valence electrons. The zero-order valence-corrected chi connectivity index (χ0v) is 19.2. The number of phenols is 1. The number of hydrogen-bond donors (Lipinski definition) is 2. The highest BCUT2D eigenvalue weighted by atomic mass is 32.2. The highest BCUT2D eigenvalue weighted by molar-refractivity contribution is 7.99. The number of amides is 1. The maximum atomic E-state index is 11.9. The second kappa shape index (κ2) is 13.7. The van der Waals surface area contributed by atoms with E-state index >= 15 is 0 Å². The van der Waals surface area contributed by atoms with Gasteiger partial charge in [-0.25, -0.2) is 0 Å². The van der Waals surface area contributed by atoms with Crippen LogP contribution in [0.3, 0.4) is 0 Å². The molecule has 0 aliphatic carbocycles. The van der Waals surface area contributed by atoms with E-state index in [2.05, 4.69) is 10.3 Å². The molecule has 0 bridgehead atoms.